The van der Waals surface area contributed by atoms with Crippen molar-refractivity contribution >= 4 is 22.7 Å². The number of nitrogens with zero attached hydrogens (tertiary/aromatic N) is 1. The fourth-order valence-corrected chi connectivity index (χ4v) is 4.26. The number of carbonyl (C=O) groups is 1. The summed E-state index contributed by atoms with van der Waals surface area (Å²) in [6.07, 6.45) is 5.28. The molecule has 1 fully saturated rings. The van der Waals surface area contributed by atoms with E-state index in [1.807, 2.05) is 20.8 Å². The van der Waals surface area contributed by atoms with Gasteiger partial charge in [-0.2, -0.15) is 0 Å². The third-order valence-electron chi connectivity index (χ3n) is 4.08. The van der Waals surface area contributed by atoms with Crippen LogP contribution < -0.4 is 10.6 Å². The predicted octanol–water partition coefficient (Wildman–Crippen LogP) is 1.96. The van der Waals surface area contributed by atoms with Crippen LogP contribution in [0.1, 0.15) is 59.3 Å². The first kappa shape index (κ1) is 20.9. The van der Waals surface area contributed by atoms with Gasteiger partial charge in [0.25, 0.3) is 0 Å². The van der Waals surface area contributed by atoms with Gasteiger partial charge in [-0.15, -0.1) is 0 Å². The van der Waals surface area contributed by atoms with Crippen molar-refractivity contribution in [2.45, 2.75) is 70.6 Å². The second-order valence-electron chi connectivity index (χ2n) is 5.97. The molecule has 3 unspecified atom stereocenters. The Kier molecular flexibility index (Phi) is 10.7. The maximum atomic E-state index is 12.0. The second-order valence-corrected chi connectivity index (χ2v) is 7.97. The van der Waals surface area contributed by atoms with E-state index in [-0.39, 0.29) is 5.97 Å². The molecule has 0 heterocycles. The molecule has 7 heteroatoms. The van der Waals surface area contributed by atoms with E-state index in [4.69, 9.17) is 4.74 Å². The lowest BCUT2D eigenvalue weighted by atomic mass is 9.95. The van der Waals surface area contributed by atoms with Gasteiger partial charge in [-0.25, -0.2) is 0 Å². The number of nitrogens with one attached hydrogen (secondary N) is 2. The van der Waals surface area contributed by atoms with Crippen molar-refractivity contribution in [3.63, 3.8) is 0 Å². The highest BCUT2D eigenvalue weighted by atomic mass is 32.2. The molecule has 1 rings (SSSR count). The van der Waals surface area contributed by atoms with Gasteiger partial charge in [0.05, 0.1) is 6.61 Å². The van der Waals surface area contributed by atoms with Gasteiger partial charge in [-0.1, -0.05) is 13.3 Å². The Morgan fingerprint density at radius 1 is 1.29 bits per heavy atom. The normalized spacial score (nSPS) is 22.7. The molecule has 6 nitrogen and oxygen atoms in total. The van der Waals surface area contributed by atoms with Crippen molar-refractivity contribution in [1.82, 2.24) is 10.6 Å². The van der Waals surface area contributed by atoms with E-state index >= 15 is 0 Å². The molecule has 0 aromatic rings. The van der Waals surface area contributed by atoms with E-state index in [1.54, 1.807) is 0 Å². The largest absolute Gasteiger partial charge is 0.466 e. The molecule has 0 bridgehead atoms. The average Bonchev–Trinajstić information content (AvgIpc) is 2.58. The first-order valence-electron chi connectivity index (χ1n) is 9.18. The molecule has 24 heavy (non-hydrogen) atoms. The Labute approximate surface area is 148 Å². The zero-order valence-corrected chi connectivity index (χ0v) is 16.1. The number of rotatable bonds is 9. The van der Waals surface area contributed by atoms with Crippen molar-refractivity contribution in [3.8, 4) is 0 Å². The molecular weight excluding hydrogens is 326 g/mol. The summed E-state index contributed by atoms with van der Waals surface area (Å²) in [5.41, 5.74) is 0. The van der Waals surface area contributed by atoms with Gasteiger partial charge in [0, 0.05) is 47.4 Å². The summed E-state index contributed by atoms with van der Waals surface area (Å²) in [5, 5.41) is 7.01. The Hall–Kier alpha value is -1.11. The minimum Gasteiger partial charge on any atom is -0.466 e. The van der Waals surface area contributed by atoms with E-state index in [0.29, 0.717) is 37.3 Å². The molecule has 0 radical (unpaired) electrons. The zero-order valence-electron chi connectivity index (χ0n) is 15.3. The second kappa shape index (κ2) is 12.3. The molecule has 0 saturated heterocycles. The lowest BCUT2D eigenvalue weighted by Gasteiger charge is -2.30. The van der Waals surface area contributed by atoms with Crippen molar-refractivity contribution in [1.29, 1.82) is 0 Å². The van der Waals surface area contributed by atoms with Gasteiger partial charge in [-0.3, -0.25) is 14.0 Å². The van der Waals surface area contributed by atoms with Gasteiger partial charge in [0.1, 0.15) is 0 Å². The number of esters is 1. The minimum absolute atomic E-state index is 0.164. The highest BCUT2D eigenvalue weighted by Gasteiger charge is 2.25. The maximum absolute atomic E-state index is 12.0. The van der Waals surface area contributed by atoms with Crippen LogP contribution in [0.5, 0.6) is 0 Å². The van der Waals surface area contributed by atoms with E-state index in [2.05, 4.69) is 15.6 Å². The molecule has 0 amide bonds. The highest BCUT2D eigenvalue weighted by Crippen LogP contribution is 2.22. The minimum atomic E-state index is -0.719. The van der Waals surface area contributed by atoms with E-state index in [1.165, 1.54) is 0 Å². The quantitative estimate of drug-likeness (QED) is 0.285. The SMILES string of the molecule is CCNC(=NCCCC(=O)OCC)NC1CCCC(S(=O)CC)C1. The molecular formula is C17H33N3O3S. The smallest absolute Gasteiger partial charge is 0.305 e. The Morgan fingerprint density at radius 3 is 2.75 bits per heavy atom. The lowest BCUT2D eigenvalue weighted by molar-refractivity contribution is -0.143. The molecule has 0 aromatic heterocycles. The summed E-state index contributed by atoms with van der Waals surface area (Å²) in [6.45, 7) is 7.64. The number of carbonyl (C=O) groups excluding carboxylic acids is 1. The molecule has 1 aliphatic rings. The van der Waals surface area contributed by atoms with Gasteiger partial charge >= 0.3 is 5.97 Å². The van der Waals surface area contributed by atoms with Crippen LogP contribution in [0, 0.1) is 0 Å². The van der Waals surface area contributed by atoms with Crippen LogP contribution in [0.4, 0.5) is 0 Å². The third-order valence-corrected chi connectivity index (χ3v) is 5.82. The molecule has 140 valence electrons. The number of hydrogen-bond donors (Lipinski definition) is 2. The standard InChI is InChI=1S/C17H33N3O3S/c1-4-18-17(19-12-8-11-16(21)23-5-2)20-14-9-7-10-15(13-14)24(22)6-3/h14-15H,4-13H2,1-3H3,(H2,18,19,20). The van der Waals surface area contributed by atoms with Gasteiger partial charge in [-0.05, 0) is 39.5 Å². The summed E-state index contributed by atoms with van der Waals surface area (Å²) in [5.74, 6) is 1.36. The first-order valence-corrected chi connectivity index (χ1v) is 10.6. The van der Waals surface area contributed by atoms with Gasteiger partial charge < -0.3 is 15.4 Å². The molecule has 0 aliphatic heterocycles. The summed E-state index contributed by atoms with van der Waals surface area (Å²) in [7, 11) is -0.719. The van der Waals surface area contributed by atoms with Crippen LogP contribution in [-0.4, -0.2) is 52.9 Å². The molecule has 2 N–H and O–H groups in total. The Morgan fingerprint density at radius 2 is 2.08 bits per heavy atom. The van der Waals surface area contributed by atoms with Crippen molar-refractivity contribution < 1.29 is 13.7 Å². The monoisotopic (exact) mass is 359 g/mol. The van der Waals surface area contributed by atoms with Crippen LogP contribution in [0.2, 0.25) is 0 Å². The topological polar surface area (TPSA) is 79.8 Å². The Bertz CT molecular complexity index is 429. The molecule has 0 aromatic carbocycles. The van der Waals surface area contributed by atoms with E-state index in [0.717, 1.165) is 43.9 Å². The predicted molar refractivity (Wildman–Crippen MR) is 99.7 cm³/mol. The van der Waals surface area contributed by atoms with Crippen molar-refractivity contribution in [2.75, 3.05) is 25.4 Å². The number of aliphatic imine (C=N–C) groups is 1. The fraction of sp³-hybridized carbons (Fsp3) is 0.882. The zero-order chi connectivity index (χ0) is 17.8. The summed E-state index contributed by atoms with van der Waals surface area (Å²) < 4.78 is 17.0. The average molecular weight is 360 g/mol. The summed E-state index contributed by atoms with van der Waals surface area (Å²) in [4.78, 5) is 15.9. The van der Waals surface area contributed by atoms with Crippen molar-refractivity contribution in [2.24, 2.45) is 4.99 Å². The number of ether oxygens (including phenoxy) is 1. The third kappa shape index (κ3) is 8.13. The fourth-order valence-electron chi connectivity index (χ4n) is 2.91. The van der Waals surface area contributed by atoms with Gasteiger partial charge in [0.2, 0.25) is 0 Å². The van der Waals surface area contributed by atoms with Crippen LogP contribution in [0.25, 0.3) is 0 Å². The molecule has 1 aliphatic carbocycles. The molecule has 0 spiro atoms. The molecule has 3 atom stereocenters. The van der Waals surface area contributed by atoms with Gasteiger partial charge in [0.15, 0.2) is 5.96 Å². The van der Waals surface area contributed by atoms with Crippen LogP contribution in [0.15, 0.2) is 4.99 Å². The lowest BCUT2D eigenvalue weighted by Crippen LogP contribution is -2.46. The van der Waals surface area contributed by atoms with Crippen LogP contribution in [-0.2, 0) is 20.3 Å². The maximum Gasteiger partial charge on any atom is 0.305 e. The molecule has 1 saturated carbocycles. The number of hydrogen-bond acceptors (Lipinski definition) is 4. The van der Waals surface area contributed by atoms with Crippen LogP contribution in [0.3, 0.4) is 0 Å². The van der Waals surface area contributed by atoms with E-state index in [9.17, 15) is 9.00 Å². The first-order chi connectivity index (χ1) is 11.6. The summed E-state index contributed by atoms with van der Waals surface area (Å²) in [6, 6.07) is 0.321. The Balaban J connectivity index is 2.44. The number of guanidine groups is 1. The van der Waals surface area contributed by atoms with Crippen LogP contribution >= 0.6 is 0 Å². The van der Waals surface area contributed by atoms with E-state index < -0.39 is 10.8 Å². The summed E-state index contributed by atoms with van der Waals surface area (Å²) >= 11 is 0. The van der Waals surface area contributed by atoms with Crippen molar-refractivity contribution in [3.05, 3.63) is 0 Å². The highest BCUT2D eigenvalue weighted by molar-refractivity contribution is 7.85.